The van der Waals surface area contributed by atoms with Crippen LogP contribution in [0, 0.1) is 11.6 Å². The zero-order valence-electron chi connectivity index (χ0n) is 8.17. The fraction of sp³-hybridized carbons (Fsp3) is 0.182. The van der Waals surface area contributed by atoms with E-state index >= 15 is 0 Å². The van der Waals surface area contributed by atoms with Crippen LogP contribution in [0.4, 0.5) is 8.78 Å². The van der Waals surface area contributed by atoms with Crippen molar-refractivity contribution in [1.29, 1.82) is 0 Å². The van der Waals surface area contributed by atoms with E-state index in [1.54, 1.807) is 19.1 Å². The van der Waals surface area contributed by atoms with Crippen molar-refractivity contribution in [3.8, 4) is 0 Å². The third kappa shape index (κ3) is 3.16. The number of hydrogen-bond acceptors (Lipinski definition) is 2. The van der Waals surface area contributed by atoms with Gasteiger partial charge in [-0.05, 0) is 19.1 Å². The van der Waals surface area contributed by atoms with Crippen molar-refractivity contribution in [2.45, 2.75) is 6.92 Å². The lowest BCUT2D eigenvalue weighted by atomic mass is 10.2. The van der Waals surface area contributed by atoms with Gasteiger partial charge in [0.1, 0.15) is 18.2 Å². The molecule has 0 unspecified atom stereocenters. The molecule has 0 atom stereocenters. The van der Waals surface area contributed by atoms with Crippen molar-refractivity contribution in [1.82, 2.24) is 0 Å². The highest BCUT2D eigenvalue weighted by Crippen LogP contribution is 2.10. The van der Waals surface area contributed by atoms with Gasteiger partial charge < -0.3 is 4.74 Å². The number of carbonyl (C=O) groups is 1. The number of hydrogen-bond donors (Lipinski definition) is 0. The molecular formula is C11H10F2O2. The SMILES string of the molecule is C/C=C/COC(=O)c1ccc(F)cc1F. The Bertz CT molecular complexity index is 386. The molecule has 0 saturated carbocycles. The van der Waals surface area contributed by atoms with Gasteiger partial charge in [0.25, 0.3) is 0 Å². The molecule has 0 radical (unpaired) electrons. The molecule has 0 heterocycles. The highest BCUT2D eigenvalue weighted by Gasteiger charge is 2.12. The second kappa shape index (κ2) is 5.24. The standard InChI is InChI=1S/C11H10F2O2/c1-2-3-6-15-11(14)9-5-4-8(12)7-10(9)13/h2-5,7H,6H2,1H3/b3-2+. The van der Waals surface area contributed by atoms with E-state index in [0.717, 1.165) is 12.1 Å². The summed E-state index contributed by atoms with van der Waals surface area (Å²) in [5, 5.41) is 0. The number of ether oxygens (including phenoxy) is 1. The van der Waals surface area contributed by atoms with Crippen molar-refractivity contribution < 1.29 is 18.3 Å². The van der Waals surface area contributed by atoms with Crippen LogP contribution in [0.1, 0.15) is 17.3 Å². The molecule has 4 heteroatoms. The monoisotopic (exact) mass is 212 g/mol. The molecule has 0 fully saturated rings. The van der Waals surface area contributed by atoms with Crippen molar-refractivity contribution >= 4 is 5.97 Å². The van der Waals surface area contributed by atoms with Gasteiger partial charge in [-0.2, -0.15) is 0 Å². The van der Waals surface area contributed by atoms with Crippen LogP contribution >= 0.6 is 0 Å². The minimum Gasteiger partial charge on any atom is -0.458 e. The van der Waals surface area contributed by atoms with E-state index in [9.17, 15) is 13.6 Å². The molecule has 1 aromatic carbocycles. The normalized spacial score (nSPS) is 10.6. The maximum absolute atomic E-state index is 13.1. The minimum absolute atomic E-state index is 0.0755. The van der Waals surface area contributed by atoms with Crippen molar-refractivity contribution in [2.75, 3.05) is 6.61 Å². The lowest BCUT2D eigenvalue weighted by molar-refractivity contribution is 0.0544. The van der Waals surface area contributed by atoms with Crippen LogP contribution in [0.15, 0.2) is 30.4 Å². The van der Waals surface area contributed by atoms with Crippen LogP contribution in [0.25, 0.3) is 0 Å². The molecule has 0 bridgehead atoms. The van der Waals surface area contributed by atoms with Gasteiger partial charge in [-0.1, -0.05) is 12.2 Å². The molecule has 0 aromatic heterocycles. The van der Waals surface area contributed by atoms with Gasteiger partial charge in [0.2, 0.25) is 0 Å². The molecule has 0 spiro atoms. The fourth-order valence-electron chi connectivity index (χ4n) is 0.953. The summed E-state index contributed by atoms with van der Waals surface area (Å²) in [4.78, 5) is 11.2. The highest BCUT2D eigenvalue weighted by molar-refractivity contribution is 5.89. The topological polar surface area (TPSA) is 26.3 Å². The number of benzene rings is 1. The smallest absolute Gasteiger partial charge is 0.341 e. The van der Waals surface area contributed by atoms with Gasteiger partial charge in [0.05, 0.1) is 5.56 Å². The summed E-state index contributed by atoms with van der Waals surface area (Å²) in [6.45, 7) is 1.85. The Balaban J connectivity index is 2.73. The van der Waals surface area contributed by atoms with Gasteiger partial charge in [0, 0.05) is 6.07 Å². The zero-order chi connectivity index (χ0) is 11.3. The summed E-state index contributed by atoms with van der Waals surface area (Å²) in [6, 6.07) is 2.71. The first-order valence-corrected chi connectivity index (χ1v) is 4.38. The van der Waals surface area contributed by atoms with Crippen LogP contribution < -0.4 is 0 Å². The van der Waals surface area contributed by atoms with E-state index in [0.29, 0.717) is 6.07 Å². The molecule has 80 valence electrons. The van der Waals surface area contributed by atoms with Crippen LogP contribution in [-0.2, 0) is 4.74 Å². The van der Waals surface area contributed by atoms with Crippen molar-refractivity contribution in [3.63, 3.8) is 0 Å². The van der Waals surface area contributed by atoms with Crippen LogP contribution in [0.3, 0.4) is 0 Å². The first kappa shape index (κ1) is 11.4. The van der Waals surface area contributed by atoms with Crippen LogP contribution in [0.5, 0.6) is 0 Å². The van der Waals surface area contributed by atoms with Crippen LogP contribution in [0.2, 0.25) is 0 Å². The maximum atomic E-state index is 13.1. The lowest BCUT2D eigenvalue weighted by Gasteiger charge is -2.02. The third-order valence-electron chi connectivity index (χ3n) is 1.70. The molecule has 0 saturated heterocycles. The van der Waals surface area contributed by atoms with Gasteiger partial charge in [-0.15, -0.1) is 0 Å². The molecule has 1 rings (SSSR count). The Morgan fingerprint density at radius 1 is 1.47 bits per heavy atom. The molecule has 15 heavy (non-hydrogen) atoms. The summed E-state index contributed by atoms with van der Waals surface area (Å²) in [5.41, 5.74) is -0.263. The Hall–Kier alpha value is -1.71. The number of esters is 1. The molecule has 0 aliphatic heterocycles. The molecule has 0 N–H and O–H groups in total. The Kier molecular flexibility index (Phi) is 3.97. The van der Waals surface area contributed by atoms with Crippen molar-refractivity contribution in [3.05, 3.63) is 47.5 Å². The third-order valence-corrected chi connectivity index (χ3v) is 1.70. The average Bonchev–Trinajstić information content (AvgIpc) is 2.17. The fourth-order valence-corrected chi connectivity index (χ4v) is 0.953. The molecule has 0 aliphatic rings. The lowest BCUT2D eigenvalue weighted by Crippen LogP contribution is -2.07. The quantitative estimate of drug-likeness (QED) is 0.568. The zero-order valence-corrected chi connectivity index (χ0v) is 8.17. The van der Waals surface area contributed by atoms with Gasteiger partial charge in [-0.3, -0.25) is 0 Å². The van der Waals surface area contributed by atoms with E-state index in [1.807, 2.05) is 0 Å². The Morgan fingerprint density at radius 2 is 2.20 bits per heavy atom. The van der Waals surface area contributed by atoms with Gasteiger partial charge in [-0.25, -0.2) is 13.6 Å². The highest BCUT2D eigenvalue weighted by atomic mass is 19.1. The first-order chi connectivity index (χ1) is 7.15. The predicted molar refractivity (Wildman–Crippen MR) is 51.5 cm³/mol. The summed E-state index contributed by atoms with van der Waals surface area (Å²) < 4.78 is 30.3. The summed E-state index contributed by atoms with van der Waals surface area (Å²) >= 11 is 0. The molecular weight excluding hydrogens is 202 g/mol. The van der Waals surface area contributed by atoms with E-state index in [2.05, 4.69) is 0 Å². The van der Waals surface area contributed by atoms with E-state index in [4.69, 9.17) is 4.74 Å². The molecule has 2 nitrogen and oxygen atoms in total. The van der Waals surface area contributed by atoms with Gasteiger partial charge >= 0.3 is 5.97 Å². The van der Waals surface area contributed by atoms with E-state index in [1.165, 1.54) is 0 Å². The first-order valence-electron chi connectivity index (χ1n) is 4.38. The number of allylic oxidation sites excluding steroid dienone is 1. The molecule has 0 aliphatic carbocycles. The number of carbonyl (C=O) groups excluding carboxylic acids is 1. The maximum Gasteiger partial charge on any atom is 0.341 e. The van der Waals surface area contributed by atoms with E-state index in [-0.39, 0.29) is 12.2 Å². The minimum atomic E-state index is -0.916. The Morgan fingerprint density at radius 3 is 2.80 bits per heavy atom. The predicted octanol–water partition coefficient (Wildman–Crippen LogP) is 2.70. The second-order valence-electron chi connectivity index (χ2n) is 2.79. The largest absolute Gasteiger partial charge is 0.458 e. The van der Waals surface area contributed by atoms with Gasteiger partial charge in [0.15, 0.2) is 0 Å². The summed E-state index contributed by atoms with van der Waals surface area (Å²) in [6.07, 6.45) is 3.31. The molecule has 1 aromatic rings. The number of halogens is 2. The summed E-state index contributed by atoms with van der Waals surface area (Å²) in [7, 11) is 0. The van der Waals surface area contributed by atoms with Crippen LogP contribution in [-0.4, -0.2) is 12.6 Å². The number of rotatable bonds is 3. The second-order valence-corrected chi connectivity index (χ2v) is 2.79. The van der Waals surface area contributed by atoms with Crippen molar-refractivity contribution in [2.24, 2.45) is 0 Å². The Labute approximate surface area is 86.2 Å². The van der Waals surface area contributed by atoms with E-state index < -0.39 is 17.6 Å². The summed E-state index contributed by atoms with van der Waals surface area (Å²) in [5.74, 6) is -2.44. The average molecular weight is 212 g/mol. The molecule has 0 amide bonds.